The first kappa shape index (κ1) is 16.0. The highest BCUT2D eigenvalue weighted by molar-refractivity contribution is 14.1. The van der Waals surface area contributed by atoms with Gasteiger partial charge in [0.05, 0.1) is 13.3 Å². The topological polar surface area (TPSA) is 90.8 Å². The Kier molecular flexibility index (Phi) is 4.99. The van der Waals surface area contributed by atoms with Crippen LogP contribution in [-0.4, -0.2) is 27.0 Å². The van der Waals surface area contributed by atoms with Crippen molar-refractivity contribution in [2.24, 2.45) is 0 Å². The minimum absolute atomic E-state index is 0.488. The molecule has 112 valence electrons. The van der Waals surface area contributed by atoms with Gasteiger partial charge in [-0.1, -0.05) is 0 Å². The summed E-state index contributed by atoms with van der Waals surface area (Å²) in [6, 6.07) is 6.88. The van der Waals surface area contributed by atoms with E-state index in [1.54, 1.807) is 30.5 Å². The van der Waals surface area contributed by atoms with Gasteiger partial charge in [0.1, 0.15) is 5.82 Å². The van der Waals surface area contributed by atoms with Crippen molar-refractivity contribution < 1.29 is 4.21 Å². The third-order valence-corrected chi connectivity index (χ3v) is 4.61. The maximum Gasteiger partial charge on any atom is 0.229 e. The van der Waals surface area contributed by atoms with Gasteiger partial charge >= 0.3 is 0 Å². The van der Waals surface area contributed by atoms with Crippen molar-refractivity contribution >= 4 is 49.8 Å². The largest absolute Gasteiger partial charge is 0.369 e. The lowest BCUT2D eigenvalue weighted by atomic mass is 10.3. The maximum absolute atomic E-state index is 11.6. The molecule has 2 aromatic rings. The number of nitrogens with zero attached hydrogens (tertiary/aromatic N) is 2. The Balaban J connectivity index is 2.20. The Bertz CT molecular complexity index is 731. The van der Waals surface area contributed by atoms with Crippen molar-refractivity contribution in [1.82, 2.24) is 9.97 Å². The molecule has 1 aromatic heterocycles. The molecule has 0 aliphatic carbocycles. The van der Waals surface area contributed by atoms with Gasteiger partial charge in [-0.05, 0) is 53.8 Å². The Morgan fingerprint density at radius 2 is 2.00 bits per heavy atom. The summed E-state index contributed by atoms with van der Waals surface area (Å²) in [6.45, 7) is 2.79. The quantitative estimate of drug-likeness (QED) is 0.650. The molecule has 2 rings (SSSR count). The second-order valence-electron chi connectivity index (χ2n) is 4.41. The second-order valence-corrected chi connectivity index (χ2v) is 7.73. The molecule has 1 atom stereocenters. The first-order valence-electron chi connectivity index (χ1n) is 6.27. The van der Waals surface area contributed by atoms with Crippen molar-refractivity contribution in [2.45, 2.75) is 11.8 Å². The van der Waals surface area contributed by atoms with Crippen LogP contribution in [-0.2, 0) is 9.73 Å². The van der Waals surface area contributed by atoms with Gasteiger partial charge < -0.3 is 10.6 Å². The fourth-order valence-corrected chi connectivity index (χ4v) is 2.75. The van der Waals surface area contributed by atoms with Gasteiger partial charge in [0, 0.05) is 29.6 Å². The van der Waals surface area contributed by atoms with Gasteiger partial charge in [-0.3, -0.25) is 0 Å². The molecule has 0 saturated carbocycles. The monoisotopic (exact) mass is 417 g/mol. The molecule has 0 amide bonds. The van der Waals surface area contributed by atoms with E-state index in [1.165, 1.54) is 6.26 Å². The fraction of sp³-hybridized carbons (Fsp3) is 0.231. The van der Waals surface area contributed by atoms with E-state index < -0.39 is 9.73 Å². The minimum Gasteiger partial charge on any atom is -0.369 e. The summed E-state index contributed by atoms with van der Waals surface area (Å²) in [6.07, 6.45) is 3.14. The molecule has 3 N–H and O–H groups in total. The second kappa shape index (κ2) is 6.56. The van der Waals surface area contributed by atoms with E-state index in [0.717, 1.165) is 21.6 Å². The summed E-state index contributed by atoms with van der Waals surface area (Å²) in [7, 11) is -2.68. The Labute approximate surface area is 137 Å². The van der Waals surface area contributed by atoms with Crippen LogP contribution in [0.3, 0.4) is 0 Å². The molecule has 8 heteroatoms. The molecule has 0 aliphatic rings. The lowest BCUT2D eigenvalue weighted by molar-refractivity contribution is 0.679. The molecule has 0 radical (unpaired) electrons. The van der Waals surface area contributed by atoms with Crippen molar-refractivity contribution in [1.29, 1.82) is 4.78 Å². The molecule has 0 fully saturated rings. The van der Waals surface area contributed by atoms with Gasteiger partial charge in [0.2, 0.25) is 5.95 Å². The molecular weight excluding hydrogens is 401 g/mol. The predicted octanol–water partition coefficient (Wildman–Crippen LogP) is 3.29. The normalized spacial score (nSPS) is 13.5. The third kappa shape index (κ3) is 4.27. The molecule has 0 saturated heterocycles. The van der Waals surface area contributed by atoms with Crippen LogP contribution in [0.5, 0.6) is 0 Å². The van der Waals surface area contributed by atoms with Gasteiger partial charge in [0.15, 0.2) is 0 Å². The van der Waals surface area contributed by atoms with Crippen LogP contribution >= 0.6 is 22.6 Å². The van der Waals surface area contributed by atoms with E-state index in [4.69, 9.17) is 4.78 Å². The first-order chi connectivity index (χ1) is 9.90. The highest BCUT2D eigenvalue weighted by Gasteiger charge is 2.06. The number of aromatic nitrogens is 2. The highest BCUT2D eigenvalue weighted by atomic mass is 127. The van der Waals surface area contributed by atoms with Crippen LogP contribution in [0.15, 0.2) is 35.4 Å². The molecule has 1 aromatic carbocycles. The standard InChI is InChI=1S/C13H16IN5OS/c1-3-16-12-11(14)8-17-13(19-12)18-9-4-6-10(7-5-9)21(2,15)20/h4-8,15H,3H2,1-2H3,(H2,16,17,18,19). The van der Waals surface area contributed by atoms with Crippen molar-refractivity contribution in [3.05, 3.63) is 34.0 Å². The Morgan fingerprint density at radius 3 is 2.57 bits per heavy atom. The molecule has 1 heterocycles. The van der Waals surface area contributed by atoms with E-state index in [9.17, 15) is 4.21 Å². The number of nitrogens with one attached hydrogen (secondary N) is 3. The number of rotatable bonds is 5. The average molecular weight is 417 g/mol. The molecule has 21 heavy (non-hydrogen) atoms. The number of anilines is 3. The molecule has 0 aliphatic heterocycles. The molecule has 1 unspecified atom stereocenters. The number of hydrogen-bond acceptors (Lipinski definition) is 6. The van der Waals surface area contributed by atoms with Gasteiger partial charge in [0.25, 0.3) is 0 Å². The van der Waals surface area contributed by atoms with Crippen molar-refractivity contribution in [3.63, 3.8) is 0 Å². The van der Waals surface area contributed by atoms with E-state index in [1.807, 2.05) is 6.92 Å². The Hall–Kier alpha value is -1.42. The average Bonchev–Trinajstić information content (AvgIpc) is 2.42. The zero-order valence-electron chi connectivity index (χ0n) is 11.7. The highest BCUT2D eigenvalue weighted by Crippen LogP contribution is 2.20. The number of benzene rings is 1. The molecule has 6 nitrogen and oxygen atoms in total. The summed E-state index contributed by atoms with van der Waals surface area (Å²) in [4.78, 5) is 9.12. The Morgan fingerprint density at radius 1 is 1.33 bits per heavy atom. The third-order valence-electron chi connectivity index (χ3n) is 2.65. The lowest BCUT2D eigenvalue weighted by Gasteiger charge is -2.09. The first-order valence-corrected chi connectivity index (χ1v) is 9.32. The molecule has 0 spiro atoms. The van der Waals surface area contributed by atoms with Gasteiger partial charge in [-0.2, -0.15) is 4.98 Å². The summed E-state index contributed by atoms with van der Waals surface area (Å²) in [5.41, 5.74) is 0.783. The van der Waals surface area contributed by atoms with Crippen LogP contribution in [0.25, 0.3) is 0 Å². The van der Waals surface area contributed by atoms with E-state index in [-0.39, 0.29) is 0 Å². The molecule has 0 bridgehead atoms. The van der Waals surface area contributed by atoms with Crippen LogP contribution < -0.4 is 10.6 Å². The van der Waals surface area contributed by atoms with E-state index in [2.05, 4.69) is 43.2 Å². The van der Waals surface area contributed by atoms with E-state index in [0.29, 0.717) is 10.8 Å². The minimum atomic E-state index is -2.68. The number of halogens is 1. The predicted molar refractivity (Wildman–Crippen MR) is 93.7 cm³/mol. The zero-order valence-corrected chi connectivity index (χ0v) is 14.7. The summed E-state index contributed by atoms with van der Waals surface area (Å²) in [5, 5.41) is 6.26. The van der Waals surface area contributed by atoms with Gasteiger partial charge in [-0.25, -0.2) is 14.0 Å². The van der Waals surface area contributed by atoms with E-state index >= 15 is 0 Å². The van der Waals surface area contributed by atoms with Crippen molar-refractivity contribution in [3.8, 4) is 0 Å². The van der Waals surface area contributed by atoms with Gasteiger partial charge in [-0.15, -0.1) is 0 Å². The fourth-order valence-electron chi connectivity index (χ4n) is 1.65. The smallest absolute Gasteiger partial charge is 0.229 e. The lowest BCUT2D eigenvalue weighted by Crippen LogP contribution is -2.05. The number of hydrogen-bond donors (Lipinski definition) is 3. The van der Waals surface area contributed by atoms with Crippen LogP contribution in [0.4, 0.5) is 17.5 Å². The molecular formula is C13H16IN5OS. The SMILES string of the molecule is CCNc1nc(Nc2ccc(S(C)(=N)=O)cc2)ncc1I. The summed E-state index contributed by atoms with van der Waals surface area (Å²) >= 11 is 2.18. The zero-order chi connectivity index (χ0) is 15.5. The van der Waals surface area contributed by atoms with Crippen LogP contribution in [0.1, 0.15) is 6.92 Å². The summed E-state index contributed by atoms with van der Waals surface area (Å²) < 4.78 is 20.1. The van der Waals surface area contributed by atoms with Crippen LogP contribution in [0.2, 0.25) is 0 Å². The van der Waals surface area contributed by atoms with Crippen LogP contribution in [0, 0.1) is 8.35 Å². The summed E-state index contributed by atoms with van der Waals surface area (Å²) in [5.74, 6) is 1.28. The maximum atomic E-state index is 11.6. The van der Waals surface area contributed by atoms with Crippen molar-refractivity contribution in [2.75, 3.05) is 23.4 Å².